The maximum atomic E-state index is 12.0. The van der Waals surface area contributed by atoms with Crippen LogP contribution in [0.2, 0.25) is 0 Å². The highest BCUT2D eigenvalue weighted by molar-refractivity contribution is 5.88. The predicted molar refractivity (Wildman–Crippen MR) is 128 cm³/mol. The second-order valence-corrected chi connectivity index (χ2v) is 7.75. The molecular weight excluding hydrogens is 428 g/mol. The first-order chi connectivity index (χ1) is 15.2. The van der Waals surface area contributed by atoms with E-state index in [-0.39, 0.29) is 31.2 Å². The SMILES string of the molecule is COCCOC(=O)N1CCC(Oc2ccc(-c3ccc4cccnc4c3C)cc2)CC1.Cl. The van der Waals surface area contributed by atoms with E-state index < -0.39 is 0 Å². The number of hydrogen-bond acceptors (Lipinski definition) is 5. The molecule has 32 heavy (non-hydrogen) atoms. The van der Waals surface area contributed by atoms with Gasteiger partial charge in [0.1, 0.15) is 18.5 Å². The largest absolute Gasteiger partial charge is 0.490 e. The van der Waals surface area contributed by atoms with Crippen LogP contribution in [0.25, 0.3) is 22.0 Å². The van der Waals surface area contributed by atoms with Gasteiger partial charge in [-0.05, 0) is 41.8 Å². The third-order valence-electron chi connectivity index (χ3n) is 5.71. The van der Waals surface area contributed by atoms with Crippen molar-refractivity contribution in [3.05, 3.63) is 60.3 Å². The number of hydrogen-bond donors (Lipinski definition) is 0. The number of carbonyl (C=O) groups is 1. The van der Waals surface area contributed by atoms with Crippen LogP contribution in [0.4, 0.5) is 4.79 Å². The van der Waals surface area contributed by atoms with Crippen LogP contribution < -0.4 is 4.74 Å². The Morgan fingerprint density at radius 3 is 2.53 bits per heavy atom. The summed E-state index contributed by atoms with van der Waals surface area (Å²) in [6.07, 6.45) is 3.23. The van der Waals surface area contributed by atoms with Gasteiger partial charge in [-0.15, -0.1) is 12.4 Å². The lowest BCUT2D eigenvalue weighted by atomic mass is 9.98. The van der Waals surface area contributed by atoms with Crippen molar-refractivity contribution in [2.45, 2.75) is 25.9 Å². The molecule has 0 radical (unpaired) electrons. The molecule has 0 N–H and O–H groups in total. The number of nitrogens with zero attached hydrogens (tertiary/aromatic N) is 2. The van der Waals surface area contributed by atoms with E-state index in [9.17, 15) is 4.79 Å². The second kappa shape index (κ2) is 11.2. The number of pyridine rings is 1. The summed E-state index contributed by atoms with van der Waals surface area (Å²) in [6.45, 7) is 4.08. The Kier molecular flexibility index (Phi) is 8.31. The predicted octanol–water partition coefficient (Wildman–Crippen LogP) is 5.26. The third-order valence-corrected chi connectivity index (χ3v) is 5.71. The molecule has 2 heterocycles. The number of ether oxygens (including phenoxy) is 3. The van der Waals surface area contributed by atoms with E-state index in [1.54, 1.807) is 12.0 Å². The topological polar surface area (TPSA) is 60.9 Å². The summed E-state index contributed by atoms with van der Waals surface area (Å²) in [4.78, 5) is 18.3. The highest BCUT2D eigenvalue weighted by atomic mass is 35.5. The zero-order valence-electron chi connectivity index (χ0n) is 18.5. The molecular formula is C25H29ClN2O4. The molecule has 2 aromatic carbocycles. The Balaban J connectivity index is 0.00000289. The molecule has 1 saturated heterocycles. The molecule has 6 nitrogen and oxygen atoms in total. The molecule has 170 valence electrons. The summed E-state index contributed by atoms with van der Waals surface area (Å²) in [5.41, 5.74) is 4.54. The van der Waals surface area contributed by atoms with Gasteiger partial charge >= 0.3 is 6.09 Å². The number of amides is 1. The Bertz CT molecular complexity index is 1030. The molecule has 3 aromatic rings. The number of carbonyl (C=O) groups excluding carboxylic acids is 1. The van der Waals surface area contributed by atoms with Crippen LogP contribution in [0.3, 0.4) is 0 Å². The van der Waals surface area contributed by atoms with E-state index in [4.69, 9.17) is 14.2 Å². The average molecular weight is 457 g/mol. The fourth-order valence-electron chi connectivity index (χ4n) is 3.97. The van der Waals surface area contributed by atoms with E-state index in [2.05, 4.69) is 42.2 Å². The van der Waals surface area contributed by atoms with Crippen molar-refractivity contribution in [3.63, 3.8) is 0 Å². The third kappa shape index (κ3) is 5.50. The van der Waals surface area contributed by atoms with Crippen LogP contribution in [0, 0.1) is 6.92 Å². The molecule has 1 aromatic heterocycles. The van der Waals surface area contributed by atoms with Crippen molar-refractivity contribution < 1.29 is 19.0 Å². The highest BCUT2D eigenvalue weighted by Crippen LogP contribution is 2.30. The first-order valence-electron chi connectivity index (χ1n) is 10.7. The van der Waals surface area contributed by atoms with E-state index in [1.807, 2.05) is 24.4 Å². The van der Waals surface area contributed by atoms with Gasteiger partial charge in [0.15, 0.2) is 0 Å². The summed E-state index contributed by atoms with van der Waals surface area (Å²) >= 11 is 0. The molecule has 0 saturated carbocycles. The van der Waals surface area contributed by atoms with Crippen molar-refractivity contribution >= 4 is 29.4 Å². The Morgan fingerprint density at radius 1 is 1.06 bits per heavy atom. The molecule has 7 heteroatoms. The molecule has 1 aliphatic rings. The zero-order valence-corrected chi connectivity index (χ0v) is 19.3. The lowest BCUT2D eigenvalue weighted by Crippen LogP contribution is -2.42. The molecule has 0 aliphatic carbocycles. The maximum absolute atomic E-state index is 12.0. The second-order valence-electron chi connectivity index (χ2n) is 7.75. The summed E-state index contributed by atoms with van der Waals surface area (Å²) in [5, 5.41) is 1.15. The van der Waals surface area contributed by atoms with Gasteiger partial charge in [-0.1, -0.05) is 30.3 Å². The zero-order chi connectivity index (χ0) is 21.6. The number of rotatable bonds is 6. The van der Waals surface area contributed by atoms with E-state index in [0.29, 0.717) is 19.7 Å². The van der Waals surface area contributed by atoms with Gasteiger partial charge in [-0.3, -0.25) is 4.98 Å². The van der Waals surface area contributed by atoms with Crippen molar-refractivity contribution in [1.82, 2.24) is 9.88 Å². The van der Waals surface area contributed by atoms with Gasteiger partial charge in [0.05, 0.1) is 12.1 Å². The molecule has 1 amide bonds. The van der Waals surface area contributed by atoms with Gasteiger partial charge in [0.25, 0.3) is 0 Å². The van der Waals surface area contributed by atoms with Gasteiger partial charge < -0.3 is 19.1 Å². The lowest BCUT2D eigenvalue weighted by Gasteiger charge is -2.31. The fourth-order valence-corrected chi connectivity index (χ4v) is 3.97. The van der Waals surface area contributed by atoms with Crippen LogP contribution in [0.1, 0.15) is 18.4 Å². The summed E-state index contributed by atoms with van der Waals surface area (Å²) in [5.74, 6) is 0.849. The quantitative estimate of drug-likeness (QED) is 0.473. The monoisotopic (exact) mass is 456 g/mol. The Morgan fingerprint density at radius 2 is 1.81 bits per heavy atom. The van der Waals surface area contributed by atoms with E-state index in [1.165, 1.54) is 11.1 Å². The molecule has 0 unspecified atom stereocenters. The van der Waals surface area contributed by atoms with E-state index in [0.717, 1.165) is 35.1 Å². The van der Waals surface area contributed by atoms with Gasteiger partial charge in [0, 0.05) is 44.6 Å². The molecule has 1 fully saturated rings. The van der Waals surface area contributed by atoms with Crippen LogP contribution in [0.15, 0.2) is 54.7 Å². The minimum atomic E-state index is -0.278. The van der Waals surface area contributed by atoms with Gasteiger partial charge in [-0.25, -0.2) is 4.79 Å². The average Bonchev–Trinajstić information content (AvgIpc) is 2.81. The number of aryl methyl sites for hydroxylation is 1. The summed E-state index contributed by atoms with van der Waals surface area (Å²) in [7, 11) is 1.59. The minimum Gasteiger partial charge on any atom is -0.490 e. The Hall–Kier alpha value is -2.83. The first-order valence-corrected chi connectivity index (χ1v) is 10.7. The van der Waals surface area contributed by atoms with Crippen molar-refractivity contribution in [3.8, 4) is 16.9 Å². The first kappa shape index (κ1) is 23.8. The molecule has 1 aliphatic heterocycles. The summed E-state index contributed by atoms with van der Waals surface area (Å²) in [6, 6.07) is 16.5. The van der Waals surface area contributed by atoms with Crippen LogP contribution in [-0.2, 0) is 9.47 Å². The number of halogens is 1. The van der Waals surface area contributed by atoms with E-state index >= 15 is 0 Å². The molecule has 4 rings (SSSR count). The van der Waals surface area contributed by atoms with Gasteiger partial charge in [0.2, 0.25) is 0 Å². The normalized spacial score (nSPS) is 14.1. The number of methoxy groups -OCH3 is 1. The van der Waals surface area contributed by atoms with Gasteiger partial charge in [-0.2, -0.15) is 0 Å². The minimum absolute atomic E-state index is 0. The number of benzene rings is 2. The van der Waals surface area contributed by atoms with Crippen LogP contribution in [0.5, 0.6) is 5.75 Å². The van der Waals surface area contributed by atoms with Crippen LogP contribution in [-0.4, -0.2) is 55.5 Å². The van der Waals surface area contributed by atoms with Crippen LogP contribution >= 0.6 is 12.4 Å². The smallest absolute Gasteiger partial charge is 0.409 e. The number of likely N-dealkylation sites (tertiary alicyclic amines) is 1. The fraction of sp³-hybridized carbons (Fsp3) is 0.360. The summed E-state index contributed by atoms with van der Waals surface area (Å²) < 4.78 is 16.3. The van der Waals surface area contributed by atoms with Crippen molar-refractivity contribution in [2.75, 3.05) is 33.4 Å². The number of piperidine rings is 1. The maximum Gasteiger partial charge on any atom is 0.409 e. The standard InChI is InChI=1S/C25H28N2O4.ClH/c1-18-23(10-7-20-4-3-13-26-24(18)20)19-5-8-21(9-6-19)31-22-11-14-27(15-12-22)25(28)30-17-16-29-2;/h3-10,13,22H,11-12,14-17H2,1-2H3;1H. The molecule has 0 bridgehead atoms. The highest BCUT2D eigenvalue weighted by Gasteiger charge is 2.24. The molecule has 0 atom stereocenters. The Labute approximate surface area is 194 Å². The van der Waals surface area contributed by atoms with Crippen molar-refractivity contribution in [1.29, 1.82) is 0 Å². The number of aromatic nitrogens is 1. The van der Waals surface area contributed by atoms with Crippen molar-refractivity contribution in [2.24, 2.45) is 0 Å². The molecule has 0 spiro atoms. The number of fused-ring (bicyclic) bond motifs is 1. The lowest BCUT2D eigenvalue weighted by molar-refractivity contribution is 0.0514.